The first-order valence-corrected chi connectivity index (χ1v) is 5.80. The Morgan fingerprint density at radius 2 is 2.13 bits per heavy atom. The van der Waals surface area contributed by atoms with Crippen LogP contribution in [0.5, 0.6) is 0 Å². The molecule has 1 fully saturated rings. The maximum Gasteiger partial charge on any atom is 0.237 e. The lowest BCUT2D eigenvalue weighted by Gasteiger charge is -2.34. The highest BCUT2D eigenvalue weighted by Crippen LogP contribution is 2.11. The van der Waals surface area contributed by atoms with E-state index >= 15 is 0 Å². The maximum absolute atomic E-state index is 11.8. The third kappa shape index (κ3) is 3.80. The first-order valence-electron chi connectivity index (χ1n) is 5.80. The molecule has 88 valence electrons. The van der Waals surface area contributed by atoms with Crippen LogP contribution >= 0.6 is 0 Å². The molecule has 0 aliphatic carbocycles. The van der Waals surface area contributed by atoms with Crippen LogP contribution in [0.1, 0.15) is 33.6 Å². The number of nitrogens with one attached hydrogen (secondary N) is 1. The molecule has 4 heteroatoms. The summed E-state index contributed by atoms with van der Waals surface area (Å²) in [6.45, 7) is 7.74. The van der Waals surface area contributed by atoms with Gasteiger partial charge < -0.3 is 11.1 Å². The van der Waals surface area contributed by atoms with Crippen LogP contribution < -0.4 is 11.1 Å². The van der Waals surface area contributed by atoms with E-state index in [9.17, 15) is 4.79 Å². The highest BCUT2D eigenvalue weighted by atomic mass is 16.2. The molecule has 1 heterocycles. The van der Waals surface area contributed by atoms with Gasteiger partial charge in [-0.2, -0.15) is 0 Å². The summed E-state index contributed by atoms with van der Waals surface area (Å²) in [7, 11) is 0. The Kier molecular flexibility index (Phi) is 4.54. The molecule has 0 aromatic carbocycles. The van der Waals surface area contributed by atoms with Crippen molar-refractivity contribution in [1.29, 1.82) is 0 Å². The predicted octanol–water partition coefficient (Wildman–Crippen LogP) is 0.323. The van der Waals surface area contributed by atoms with Crippen LogP contribution in [0, 0.1) is 0 Å². The van der Waals surface area contributed by atoms with Crippen molar-refractivity contribution in [3.63, 3.8) is 0 Å². The molecule has 1 aliphatic rings. The Morgan fingerprint density at radius 3 is 2.67 bits per heavy atom. The number of amides is 1. The number of hydrogen-bond acceptors (Lipinski definition) is 3. The molecule has 15 heavy (non-hydrogen) atoms. The normalized spacial score (nSPS) is 25.3. The summed E-state index contributed by atoms with van der Waals surface area (Å²) in [6, 6.07) is 0.380. The van der Waals surface area contributed by atoms with Gasteiger partial charge in [0.1, 0.15) is 0 Å². The minimum absolute atomic E-state index is 0.0567. The molecule has 1 aliphatic heterocycles. The zero-order chi connectivity index (χ0) is 11.4. The summed E-state index contributed by atoms with van der Waals surface area (Å²) >= 11 is 0. The summed E-state index contributed by atoms with van der Waals surface area (Å²) in [4.78, 5) is 13.9. The average Bonchev–Trinajstić information content (AvgIpc) is 2.15. The highest BCUT2D eigenvalue weighted by Gasteiger charge is 2.25. The van der Waals surface area contributed by atoms with E-state index in [0.29, 0.717) is 0 Å². The van der Waals surface area contributed by atoms with E-state index < -0.39 is 0 Å². The van der Waals surface area contributed by atoms with E-state index in [0.717, 1.165) is 25.9 Å². The Hall–Kier alpha value is -0.610. The molecule has 0 aromatic heterocycles. The molecule has 1 saturated heterocycles. The zero-order valence-corrected chi connectivity index (χ0v) is 9.99. The van der Waals surface area contributed by atoms with Gasteiger partial charge in [0, 0.05) is 18.6 Å². The second kappa shape index (κ2) is 5.47. The lowest BCUT2D eigenvalue weighted by molar-refractivity contribution is -0.126. The molecule has 0 saturated carbocycles. The summed E-state index contributed by atoms with van der Waals surface area (Å²) in [5, 5.41) is 2.93. The topological polar surface area (TPSA) is 58.4 Å². The molecule has 0 bridgehead atoms. The van der Waals surface area contributed by atoms with Crippen molar-refractivity contribution in [2.45, 2.75) is 51.7 Å². The third-order valence-corrected chi connectivity index (χ3v) is 2.85. The van der Waals surface area contributed by atoms with Crippen molar-refractivity contribution in [2.24, 2.45) is 5.73 Å². The lowest BCUT2D eigenvalue weighted by atomic mass is 10.0. The number of carbonyl (C=O) groups excluding carboxylic acids is 1. The maximum atomic E-state index is 11.8. The average molecular weight is 213 g/mol. The van der Waals surface area contributed by atoms with Crippen LogP contribution in [-0.4, -0.2) is 42.0 Å². The van der Waals surface area contributed by atoms with Crippen LogP contribution in [0.25, 0.3) is 0 Å². The largest absolute Gasteiger partial charge is 0.353 e. The third-order valence-electron chi connectivity index (χ3n) is 2.85. The quantitative estimate of drug-likeness (QED) is 0.710. The van der Waals surface area contributed by atoms with Crippen LogP contribution in [0.3, 0.4) is 0 Å². The van der Waals surface area contributed by atoms with Crippen molar-refractivity contribution in [3.8, 4) is 0 Å². The molecular weight excluding hydrogens is 190 g/mol. The van der Waals surface area contributed by atoms with E-state index in [-0.39, 0.29) is 24.0 Å². The van der Waals surface area contributed by atoms with Crippen LogP contribution in [0.4, 0.5) is 0 Å². The number of nitrogens with zero attached hydrogens (tertiary/aromatic N) is 1. The van der Waals surface area contributed by atoms with Gasteiger partial charge in [0.2, 0.25) is 5.91 Å². The van der Waals surface area contributed by atoms with Gasteiger partial charge >= 0.3 is 0 Å². The fraction of sp³-hybridized carbons (Fsp3) is 0.909. The molecule has 0 aromatic rings. The lowest BCUT2D eigenvalue weighted by Crippen LogP contribution is -2.52. The minimum atomic E-state index is -0.0567. The zero-order valence-electron chi connectivity index (χ0n) is 9.99. The molecule has 2 atom stereocenters. The first kappa shape index (κ1) is 12.5. The van der Waals surface area contributed by atoms with Crippen molar-refractivity contribution in [2.75, 3.05) is 13.1 Å². The number of hydrogen-bond donors (Lipinski definition) is 2. The van der Waals surface area contributed by atoms with Crippen molar-refractivity contribution >= 4 is 5.91 Å². The number of nitrogens with two attached hydrogens (primary N) is 1. The smallest absolute Gasteiger partial charge is 0.237 e. The van der Waals surface area contributed by atoms with Gasteiger partial charge in [-0.15, -0.1) is 0 Å². The van der Waals surface area contributed by atoms with E-state index in [1.54, 1.807) is 0 Å². The summed E-state index contributed by atoms with van der Waals surface area (Å²) < 4.78 is 0. The Labute approximate surface area is 92.2 Å². The van der Waals surface area contributed by atoms with Crippen LogP contribution in [0.15, 0.2) is 0 Å². The van der Waals surface area contributed by atoms with Crippen LogP contribution in [0.2, 0.25) is 0 Å². The summed E-state index contributed by atoms with van der Waals surface area (Å²) in [6.07, 6.45) is 2.18. The van der Waals surface area contributed by atoms with Crippen molar-refractivity contribution < 1.29 is 4.79 Å². The summed E-state index contributed by atoms with van der Waals surface area (Å²) in [5.74, 6) is 0.110. The Morgan fingerprint density at radius 1 is 1.47 bits per heavy atom. The molecule has 3 N–H and O–H groups in total. The molecule has 4 nitrogen and oxygen atoms in total. The van der Waals surface area contributed by atoms with Gasteiger partial charge in [0.05, 0.1) is 6.04 Å². The standard InChI is InChI=1S/C11H23N3O/c1-8(2)13-11(15)9(3)14-6-4-5-10(12)7-14/h8-10H,4-7,12H2,1-3H3,(H,13,15)/t9?,10-/m1/s1. The number of carbonyl (C=O) groups is 1. The van der Waals surface area contributed by atoms with Gasteiger partial charge in [-0.3, -0.25) is 9.69 Å². The van der Waals surface area contributed by atoms with E-state index in [1.807, 2.05) is 20.8 Å². The van der Waals surface area contributed by atoms with E-state index in [4.69, 9.17) is 5.73 Å². The second-order valence-corrected chi connectivity index (χ2v) is 4.74. The fourth-order valence-electron chi connectivity index (χ4n) is 1.96. The molecule has 1 amide bonds. The summed E-state index contributed by atoms with van der Waals surface area (Å²) in [5.41, 5.74) is 5.89. The molecular formula is C11H23N3O. The minimum Gasteiger partial charge on any atom is -0.353 e. The molecule has 1 rings (SSSR count). The van der Waals surface area contributed by atoms with Crippen molar-refractivity contribution in [3.05, 3.63) is 0 Å². The number of rotatable bonds is 3. The van der Waals surface area contributed by atoms with Crippen LogP contribution in [-0.2, 0) is 4.79 Å². The molecule has 1 unspecified atom stereocenters. The van der Waals surface area contributed by atoms with E-state index in [2.05, 4.69) is 10.2 Å². The van der Waals surface area contributed by atoms with Gasteiger partial charge in [-0.25, -0.2) is 0 Å². The monoisotopic (exact) mass is 213 g/mol. The van der Waals surface area contributed by atoms with E-state index in [1.165, 1.54) is 0 Å². The Bertz CT molecular complexity index is 218. The van der Waals surface area contributed by atoms with Gasteiger partial charge in [-0.1, -0.05) is 0 Å². The molecule has 0 radical (unpaired) electrons. The highest BCUT2D eigenvalue weighted by molar-refractivity contribution is 5.81. The van der Waals surface area contributed by atoms with Gasteiger partial charge in [0.15, 0.2) is 0 Å². The predicted molar refractivity (Wildman–Crippen MR) is 61.5 cm³/mol. The number of piperidine rings is 1. The second-order valence-electron chi connectivity index (χ2n) is 4.74. The van der Waals surface area contributed by atoms with Gasteiger partial charge in [0.25, 0.3) is 0 Å². The Balaban J connectivity index is 2.44. The first-order chi connectivity index (χ1) is 7.00. The van der Waals surface area contributed by atoms with Gasteiger partial charge in [-0.05, 0) is 40.2 Å². The molecule has 0 spiro atoms. The SMILES string of the molecule is CC(C)NC(=O)C(C)N1CCC[C@@H](N)C1. The van der Waals surface area contributed by atoms with Crippen molar-refractivity contribution in [1.82, 2.24) is 10.2 Å². The number of likely N-dealkylation sites (tertiary alicyclic amines) is 1. The fourth-order valence-corrected chi connectivity index (χ4v) is 1.96.